The Kier molecular flexibility index (Phi) is 8.68. The Balaban J connectivity index is 1.02. The average Bonchev–Trinajstić information content (AvgIpc) is 3.50. The summed E-state index contributed by atoms with van der Waals surface area (Å²) >= 11 is 0. The normalized spacial score (nSPS) is 15.3. The fourth-order valence-electron chi connectivity index (χ4n) is 9.13. The van der Waals surface area contributed by atoms with Gasteiger partial charge in [0.1, 0.15) is 0 Å². The molecule has 10 rings (SSSR count). The third-order valence-corrected chi connectivity index (χ3v) is 12.1. The van der Waals surface area contributed by atoms with Crippen molar-refractivity contribution in [3.8, 4) is 22.3 Å². The lowest BCUT2D eigenvalue weighted by molar-refractivity contribution is 0.585. The van der Waals surface area contributed by atoms with E-state index in [1.165, 1.54) is 66.7 Å². The zero-order valence-electron chi connectivity index (χ0n) is 32.4. The van der Waals surface area contributed by atoms with Crippen LogP contribution < -0.4 is 9.80 Å². The molecule has 0 saturated carbocycles. The molecule has 57 heavy (non-hydrogen) atoms. The molecule has 0 spiro atoms. The lowest BCUT2D eigenvalue weighted by atomic mass is 9.77. The van der Waals surface area contributed by atoms with E-state index in [1.54, 1.807) is 0 Å². The van der Waals surface area contributed by atoms with Gasteiger partial charge in [-0.2, -0.15) is 0 Å². The molecule has 2 heteroatoms. The van der Waals surface area contributed by atoms with E-state index in [0.29, 0.717) is 0 Å². The summed E-state index contributed by atoms with van der Waals surface area (Å²) in [7, 11) is 0. The van der Waals surface area contributed by atoms with Gasteiger partial charge in [0.05, 0.1) is 6.04 Å². The van der Waals surface area contributed by atoms with Crippen molar-refractivity contribution in [1.29, 1.82) is 0 Å². The first-order valence-electron chi connectivity index (χ1n) is 20.0. The topological polar surface area (TPSA) is 6.48 Å². The van der Waals surface area contributed by atoms with Crippen LogP contribution in [0.15, 0.2) is 218 Å². The zero-order chi connectivity index (χ0) is 38.3. The third-order valence-electron chi connectivity index (χ3n) is 12.1. The Labute approximate surface area is 336 Å². The second-order valence-corrected chi connectivity index (χ2v) is 15.7. The predicted molar refractivity (Wildman–Crippen MR) is 242 cm³/mol. The molecule has 0 heterocycles. The molecule has 0 N–H and O–H groups in total. The van der Waals surface area contributed by atoms with Gasteiger partial charge in [-0.15, -0.1) is 0 Å². The van der Waals surface area contributed by atoms with Crippen molar-refractivity contribution in [2.24, 2.45) is 0 Å². The molecule has 1 unspecified atom stereocenters. The van der Waals surface area contributed by atoms with E-state index in [2.05, 4.69) is 236 Å². The van der Waals surface area contributed by atoms with Crippen LogP contribution >= 0.6 is 0 Å². The number of anilines is 5. The van der Waals surface area contributed by atoms with Crippen LogP contribution in [0.2, 0.25) is 0 Å². The summed E-state index contributed by atoms with van der Waals surface area (Å²) in [5, 5.41) is 2.52. The van der Waals surface area contributed by atoms with Gasteiger partial charge in [-0.25, -0.2) is 0 Å². The molecule has 1 atom stereocenters. The van der Waals surface area contributed by atoms with Crippen LogP contribution in [0.4, 0.5) is 28.4 Å². The van der Waals surface area contributed by atoms with Crippen LogP contribution in [0.3, 0.4) is 0 Å². The Hall–Kier alpha value is -6.90. The number of benzene rings is 8. The summed E-state index contributed by atoms with van der Waals surface area (Å²) in [5.41, 5.74) is 16.1. The van der Waals surface area contributed by atoms with Gasteiger partial charge in [-0.1, -0.05) is 172 Å². The maximum Gasteiger partial charge on any atom is 0.0563 e. The van der Waals surface area contributed by atoms with Crippen molar-refractivity contribution in [1.82, 2.24) is 0 Å². The fourth-order valence-corrected chi connectivity index (χ4v) is 9.13. The van der Waals surface area contributed by atoms with E-state index < -0.39 is 0 Å². The standard InChI is InChI=1S/C55H44N2/c1-55(2)52-37-47(56(45-29-25-41(26-30-45)39-15-6-3-7-16-39)46-31-27-42(28-32-46)40-17-8-4-9-18-40)33-35-50(52)51-36-34-48(38-53(51)55)57(44-21-10-5-11-22-44)54-24-14-20-43-19-12-13-23-49(43)54/h3-37,48H,38H2,1-2H3. The molecule has 0 aromatic heterocycles. The highest BCUT2D eigenvalue weighted by Gasteiger charge is 2.41. The van der Waals surface area contributed by atoms with Crippen molar-refractivity contribution >= 4 is 44.8 Å². The molecule has 274 valence electrons. The second kappa shape index (κ2) is 14.3. The van der Waals surface area contributed by atoms with Gasteiger partial charge < -0.3 is 9.80 Å². The van der Waals surface area contributed by atoms with Crippen LogP contribution in [-0.4, -0.2) is 6.04 Å². The minimum absolute atomic E-state index is 0.160. The van der Waals surface area contributed by atoms with Crippen molar-refractivity contribution in [2.75, 3.05) is 9.80 Å². The summed E-state index contributed by atoms with van der Waals surface area (Å²) < 4.78 is 0. The molecule has 8 aromatic rings. The molecular formula is C55H44N2. The van der Waals surface area contributed by atoms with Crippen molar-refractivity contribution in [2.45, 2.75) is 31.7 Å². The van der Waals surface area contributed by atoms with Gasteiger partial charge in [-0.3, -0.25) is 0 Å². The monoisotopic (exact) mass is 732 g/mol. The van der Waals surface area contributed by atoms with Gasteiger partial charge in [0.2, 0.25) is 0 Å². The Bertz CT molecular complexity index is 2670. The van der Waals surface area contributed by atoms with Crippen LogP contribution in [0, 0.1) is 0 Å². The highest BCUT2D eigenvalue weighted by Crippen LogP contribution is 2.53. The number of hydrogen-bond acceptors (Lipinski definition) is 2. The van der Waals surface area contributed by atoms with Crippen LogP contribution in [0.5, 0.6) is 0 Å². The second-order valence-electron chi connectivity index (χ2n) is 15.7. The first-order valence-corrected chi connectivity index (χ1v) is 20.0. The van der Waals surface area contributed by atoms with Gasteiger partial charge in [0.25, 0.3) is 0 Å². The number of fused-ring (bicyclic) bond motifs is 3. The fraction of sp³-hybridized carbons (Fsp3) is 0.0909. The average molecular weight is 733 g/mol. The molecule has 2 nitrogen and oxygen atoms in total. The Morgan fingerprint density at radius 3 is 1.63 bits per heavy atom. The molecule has 0 fully saturated rings. The van der Waals surface area contributed by atoms with E-state index in [4.69, 9.17) is 0 Å². The van der Waals surface area contributed by atoms with Gasteiger partial charge in [-0.05, 0) is 111 Å². The van der Waals surface area contributed by atoms with E-state index in [0.717, 1.165) is 23.5 Å². The molecule has 2 aliphatic carbocycles. The smallest absolute Gasteiger partial charge is 0.0563 e. The van der Waals surface area contributed by atoms with E-state index in [1.807, 2.05) is 0 Å². The summed E-state index contributed by atoms with van der Waals surface area (Å²) in [4.78, 5) is 4.96. The van der Waals surface area contributed by atoms with Crippen LogP contribution in [0.25, 0.3) is 38.6 Å². The first-order chi connectivity index (χ1) is 28.0. The summed E-state index contributed by atoms with van der Waals surface area (Å²) in [6.07, 6.45) is 5.77. The molecule has 0 radical (unpaired) electrons. The molecule has 0 saturated heterocycles. The lowest BCUT2D eigenvalue weighted by Crippen LogP contribution is -2.33. The van der Waals surface area contributed by atoms with Crippen molar-refractivity contribution in [3.05, 3.63) is 229 Å². The number of para-hydroxylation sites is 1. The van der Waals surface area contributed by atoms with Crippen molar-refractivity contribution in [3.63, 3.8) is 0 Å². The van der Waals surface area contributed by atoms with Crippen LogP contribution in [-0.2, 0) is 5.41 Å². The Morgan fingerprint density at radius 1 is 0.474 bits per heavy atom. The highest BCUT2D eigenvalue weighted by atomic mass is 15.2. The summed E-state index contributed by atoms with van der Waals surface area (Å²) in [5.74, 6) is 0. The predicted octanol–water partition coefficient (Wildman–Crippen LogP) is 14.9. The summed E-state index contributed by atoms with van der Waals surface area (Å²) in [6.45, 7) is 4.85. The third kappa shape index (κ3) is 6.24. The zero-order valence-corrected chi connectivity index (χ0v) is 32.4. The molecular weight excluding hydrogens is 689 g/mol. The van der Waals surface area contributed by atoms with Gasteiger partial charge in [0, 0.05) is 39.2 Å². The van der Waals surface area contributed by atoms with Gasteiger partial charge >= 0.3 is 0 Å². The number of allylic oxidation sites excluding steroid dienone is 2. The van der Waals surface area contributed by atoms with Gasteiger partial charge in [0.15, 0.2) is 0 Å². The van der Waals surface area contributed by atoms with E-state index in [-0.39, 0.29) is 11.5 Å². The lowest BCUT2D eigenvalue weighted by Gasteiger charge is -2.37. The SMILES string of the molecule is CC1(C)C2=C(C=CC(N(c3ccccc3)c3cccc4ccccc34)C2)c2ccc(N(c3ccc(-c4ccccc4)cc3)c3ccc(-c4ccccc4)cc3)cc21. The largest absolute Gasteiger partial charge is 0.334 e. The quantitative estimate of drug-likeness (QED) is 0.153. The number of nitrogens with zero attached hydrogens (tertiary/aromatic N) is 2. The minimum atomic E-state index is -0.162. The molecule has 0 amide bonds. The number of rotatable bonds is 8. The molecule has 0 bridgehead atoms. The molecule has 8 aromatic carbocycles. The summed E-state index contributed by atoms with van der Waals surface area (Å²) in [6, 6.07) is 72.9. The van der Waals surface area contributed by atoms with E-state index >= 15 is 0 Å². The minimum Gasteiger partial charge on any atom is -0.334 e. The first kappa shape index (κ1) is 34.6. The number of hydrogen-bond donors (Lipinski definition) is 0. The Morgan fingerprint density at radius 2 is 1.00 bits per heavy atom. The van der Waals surface area contributed by atoms with Crippen LogP contribution in [0.1, 0.15) is 31.4 Å². The molecule has 0 aliphatic heterocycles. The van der Waals surface area contributed by atoms with E-state index in [9.17, 15) is 0 Å². The molecule has 2 aliphatic rings. The highest BCUT2D eigenvalue weighted by molar-refractivity contribution is 5.97. The maximum absolute atomic E-state index is 2.55. The maximum atomic E-state index is 2.55. The van der Waals surface area contributed by atoms with Crippen molar-refractivity contribution < 1.29 is 0 Å².